The fourth-order valence-electron chi connectivity index (χ4n) is 3.35. The average molecular weight is 447 g/mol. The molecular weight excluding hydrogens is 428 g/mol. The number of aromatic nitrogens is 2. The first-order valence-electron chi connectivity index (χ1n) is 9.15. The molecule has 2 amide bonds. The number of benzene rings is 1. The number of primary amides is 1. The van der Waals surface area contributed by atoms with Crippen LogP contribution in [-0.2, 0) is 17.6 Å². The number of aryl methyl sites for hydroxylation is 1. The first-order chi connectivity index (χ1) is 13.9. The Morgan fingerprint density at radius 2 is 2.07 bits per heavy atom. The second kappa shape index (κ2) is 8.22. The Kier molecular flexibility index (Phi) is 5.67. The molecule has 0 spiro atoms. The zero-order valence-electron chi connectivity index (χ0n) is 15.6. The number of carbonyl (C=O) groups is 2. The third-order valence-corrected chi connectivity index (χ3v) is 7.31. The summed E-state index contributed by atoms with van der Waals surface area (Å²) in [6, 6.07) is 7.40. The largest absolute Gasteiger partial charge is 0.365 e. The van der Waals surface area contributed by atoms with Crippen LogP contribution in [0.1, 0.15) is 34.1 Å². The van der Waals surface area contributed by atoms with Crippen LogP contribution in [0, 0.1) is 0 Å². The molecule has 9 heteroatoms. The van der Waals surface area contributed by atoms with Gasteiger partial charge in [0.2, 0.25) is 5.91 Å². The van der Waals surface area contributed by atoms with Gasteiger partial charge in [0.05, 0.1) is 10.8 Å². The number of thiophene rings is 1. The van der Waals surface area contributed by atoms with Gasteiger partial charge in [-0.3, -0.25) is 14.2 Å². The highest BCUT2D eigenvalue weighted by Gasteiger charge is 2.27. The number of hydrogen-bond acceptors (Lipinski definition) is 5. The zero-order chi connectivity index (χ0) is 20.5. The standard InChI is InChI=1S/C20H19ClN4O2S2/c1-11(28-20-23-9-10-25(20)13-7-5-12(21)6-8-13)18(27)24-19-16(17(22)26)14-3-2-4-15(14)29-19/h5-11H,2-4H2,1H3,(H2,22,26)(H,24,27)/t11-/m0/s1. The van der Waals surface area contributed by atoms with Crippen molar-refractivity contribution in [2.75, 3.05) is 5.32 Å². The van der Waals surface area contributed by atoms with E-state index in [1.165, 1.54) is 23.1 Å². The quantitative estimate of drug-likeness (QED) is 0.552. The van der Waals surface area contributed by atoms with E-state index in [0.29, 0.717) is 20.7 Å². The Hall–Kier alpha value is -2.29. The predicted octanol–water partition coefficient (Wildman–Crippen LogP) is 4.29. The number of nitrogens with zero attached hydrogens (tertiary/aromatic N) is 2. The molecule has 1 aliphatic rings. The number of carbonyl (C=O) groups excluding carboxylic acids is 2. The van der Waals surface area contributed by atoms with Crippen molar-refractivity contribution >= 4 is 51.5 Å². The minimum absolute atomic E-state index is 0.192. The van der Waals surface area contributed by atoms with E-state index in [1.54, 1.807) is 6.20 Å². The number of nitrogens with one attached hydrogen (secondary N) is 1. The molecule has 0 fully saturated rings. The van der Waals surface area contributed by atoms with Crippen LogP contribution >= 0.6 is 34.7 Å². The van der Waals surface area contributed by atoms with Gasteiger partial charge in [-0.15, -0.1) is 11.3 Å². The molecule has 4 rings (SSSR count). The summed E-state index contributed by atoms with van der Waals surface area (Å²) in [5.74, 6) is -0.679. The van der Waals surface area contributed by atoms with Gasteiger partial charge in [-0.1, -0.05) is 23.4 Å². The molecular formula is C20H19ClN4O2S2. The van der Waals surface area contributed by atoms with Gasteiger partial charge in [0, 0.05) is 28.0 Å². The first-order valence-corrected chi connectivity index (χ1v) is 11.2. The van der Waals surface area contributed by atoms with Crippen LogP contribution in [-0.4, -0.2) is 26.6 Å². The van der Waals surface area contributed by atoms with E-state index in [-0.39, 0.29) is 5.91 Å². The molecule has 6 nitrogen and oxygen atoms in total. The van der Waals surface area contributed by atoms with Crippen LogP contribution in [0.3, 0.4) is 0 Å². The van der Waals surface area contributed by atoms with E-state index in [4.69, 9.17) is 17.3 Å². The van der Waals surface area contributed by atoms with Gasteiger partial charge in [-0.05, 0) is 56.0 Å². The maximum atomic E-state index is 12.8. The minimum Gasteiger partial charge on any atom is -0.365 e. The fourth-order valence-corrected chi connectivity index (χ4v) is 5.66. The Balaban J connectivity index is 1.50. The van der Waals surface area contributed by atoms with Crippen molar-refractivity contribution in [2.45, 2.75) is 36.6 Å². The molecule has 29 heavy (non-hydrogen) atoms. The number of anilines is 1. The second-order valence-corrected chi connectivity index (χ2v) is 9.58. The van der Waals surface area contributed by atoms with E-state index >= 15 is 0 Å². The third-order valence-electron chi connectivity index (χ3n) is 4.77. The number of halogens is 1. The number of thioether (sulfide) groups is 1. The lowest BCUT2D eigenvalue weighted by atomic mass is 10.1. The summed E-state index contributed by atoms with van der Waals surface area (Å²) < 4.78 is 1.90. The summed E-state index contributed by atoms with van der Waals surface area (Å²) in [6.07, 6.45) is 6.32. The van der Waals surface area contributed by atoms with Crippen molar-refractivity contribution in [3.05, 3.63) is 57.7 Å². The molecule has 0 bridgehead atoms. The lowest BCUT2D eigenvalue weighted by molar-refractivity contribution is -0.115. The summed E-state index contributed by atoms with van der Waals surface area (Å²) in [5.41, 5.74) is 7.95. The van der Waals surface area contributed by atoms with Crippen LogP contribution in [0.15, 0.2) is 41.8 Å². The molecule has 0 radical (unpaired) electrons. The van der Waals surface area contributed by atoms with Gasteiger partial charge in [0.15, 0.2) is 5.16 Å². The van der Waals surface area contributed by atoms with Crippen molar-refractivity contribution in [1.29, 1.82) is 0 Å². The molecule has 1 atom stereocenters. The highest BCUT2D eigenvalue weighted by Crippen LogP contribution is 2.39. The molecule has 1 aliphatic carbocycles. The van der Waals surface area contributed by atoms with Crippen LogP contribution in [0.25, 0.3) is 5.69 Å². The molecule has 2 aromatic heterocycles. The van der Waals surface area contributed by atoms with Crippen molar-refractivity contribution in [2.24, 2.45) is 5.73 Å². The summed E-state index contributed by atoms with van der Waals surface area (Å²) in [4.78, 5) is 30.2. The lowest BCUT2D eigenvalue weighted by Crippen LogP contribution is -2.24. The fraction of sp³-hybridized carbons (Fsp3) is 0.250. The maximum absolute atomic E-state index is 12.8. The molecule has 0 saturated carbocycles. The van der Waals surface area contributed by atoms with Crippen LogP contribution < -0.4 is 11.1 Å². The lowest BCUT2D eigenvalue weighted by Gasteiger charge is -2.13. The molecule has 3 N–H and O–H groups in total. The van der Waals surface area contributed by atoms with Gasteiger partial charge in [0.1, 0.15) is 5.00 Å². The third kappa shape index (κ3) is 4.05. The maximum Gasteiger partial charge on any atom is 0.251 e. The van der Waals surface area contributed by atoms with Gasteiger partial charge in [-0.25, -0.2) is 4.98 Å². The van der Waals surface area contributed by atoms with E-state index in [2.05, 4.69) is 10.3 Å². The van der Waals surface area contributed by atoms with E-state index < -0.39 is 11.2 Å². The number of hydrogen-bond donors (Lipinski definition) is 2. The first kappa shape index (κ1) is 20.0. The van der Waals surface area contributed by atoms with Crippen LogP contribution in [0.5, 0.6) is 0 Å². The number of imidazole rings is 1. The van der Waals surface area contributed by atoms with Gasteiger partial charge < -0.3 is 11.1 Å². The smallest absolute Gasteiger partial charge is 0.251 e. The van der Waals surface area contributed by atoms with Gasteiger partial charge >= 0.3 is 0 Å². The molecule has 2 heterocycles. The Bertz CT molecular complexity index is 1070. The monoisotopic (exact) mass is 446 g/mol. The Morgan fingerprint density at radius 3 is 2.79 bits per heavy atom. The molecule has 0 unspecified atom stereocenters. The summed E-state index contributed by atoms with van der Waals surface area (Å²) in [5, 5.41) is 4.39. The second-order valence-electron chi connectivity index (χ2n) is 6.73. The molecule has 3 aromatic rings. The van der Waals surface area contributed by atoms with E-state index in [0.717, 1.165) is 35.4 Å². The summed E-state index contributed by atoms with van der Waals surface area (Å²) in [7, 11) is 0. The van der Waals surface area contributed by atoms with Crippen LogP contribution in [0.4, 0.5) is 5.00 Å². The minimum atomic E-state index is -0.488. The summed E-state index contributed by atoms with van der Waals surface area (Å²) in [6.45, 7) is 1.81. The number of amides is 2. The van der Waals surface area contributed by atoms with Crippen molar-refractivity contribution in [3.63, 3.8) is 0 Å². The molecule has 0 aliphatic heterocycles. The molecule has 150 valence electrons. The van der Waals surface area contributed by atoms with Crippen molar-refractivity contribution in [1.82, 2.24) is 9.55 Å². The SMILES string of the molecule is C[C@H](Sc1nccn1-c1ccc(Cl)cc1)C(=O)Nc1sc2c(c1C(N)=O)CCC2. The van der Waals surface area contributed by atoms with E-state index in [9.17, 15) is 9.59 Å². The Morgan fingerprint density at radius 1 is 1.31 bits per heavy atom. The van der Waals surface area contributed by atoms with Gasteiger partial charge in [0.25, 0.3) is 5.91 Å². The predicted molar refractivity (Wildman–Crippen MR) is 117 cm³/mol. The highest BCUT2D eigenvalue weighted by atomic mass is 35.5. The molecule has 1 aromatic carbocycles. The zero-order valence-corrected chi connectivity index (χ0v) is 18.0. The van der Waals surface area contributed by atoms with Crippen molar-refractivity contribution < 1.29 is 9.59 Å². The number of fused-ring (bicyclic) bond motifs is 1. The summed E-state index contributed by atoms with van der Waals surface area (Å²) >= 11 is 8.76. The van der Waals surface area contributed by atoms with Gasteiger partial charge in [-0.2, -0.15) is 0 Å². The highest BCUT2D eigenvalue weighted by molar-refractivity contribution is 8.00. The average Bonchev–Trinajstić information content (AvgIpc) is 3.38. The van der Waals surface area contributed by atoms with Crippen molar-refractivity contribution in [3.8, 4) is 5.69 Å². The van der Waals surface area contributed by atoms with E-state index in [1.807, 2.05) is 42.0 Å². The molecule has 0 saturated heterocycles. The number of rotatable bonds is 6. The topological polar surface area (TPSA) is 90.0 Å². The Labute approximate surface area is 181 Å². The van der Waals surface area contributed by atoms with Crippen LogP contribution in [0.2, 0.25) is 5.02 Å². The normalized spacial score (nSPS) is 13.9. The number of nitrogens with two attached hydrogens (primary N) is 1.